The Bertz CT molecular complexity index is 339. The van der Waals surface area contributed by atoms with Gasteiger partial charge >= 0.3 is 0 Å². The van der Waals surface area contributed by atoms with E-state index in [9.17, 15) is 0 Å². The number of anilines is 1. The molecule has 7 heteroatoms. The molecule has 2 aromatic rings. The maximum absolute atomic E-state index is 5.39. The summed E-state index contributed by atoms with van der Waals surface area (Å²) in [7, 11) is 0. The summed E-state index contributed by atoms with van der Waals surface area (Å²) < 4.78 is 3.70. The van der Waals surface area contributed by atoms with Crippen LogP contribution in [-0.2, 0) is 0 Å². The maximum Gasteiger partial charge on any atom is 0.203 e. The molecule has 0 unspecified atom stereocenters. The second kappa shape index (κ2) is 2.51. The van der Waals surface area contributed by atoms with E-state index in [2.05, 4.69) is 19.8 Å². The summed E-state index contributed by atoms with van der Waals surface area (Å²) in [4.78, 5) is 0.902. The lowest BCUT2D eigenvalue weighted by Crippen LogP contribution is -1.79. The molecule has 0 aromatic carbocycles. The smallest absolute Gasteiger partial charge is 0.203 e. The van der Waals surface area contributed by atoms with Crippen LogP contribution in [0.3, 0.4) is 0 Å². The molecule has 0 saturated carbocycles. The van der Waals surface area contributed by atoms with Crippen molar-refractivity contribution in [3.05, 3.63) is 6.20 Å². The quantitative estimate of drug-likeness (QED) is 0.705. The molecule has 0 fully saturated rings. The van der Waals surface area contributed by atoms with Gasteiger partial charge in [0.15, 0.2) is 5.01 Å². The molecule has 0 amide bonds. The Morgan fingerprint density at radius 2 is 2.27 bits per heavy atom. The van der Waals surface area contributed by atoms with Crippen LogP contribution in [0, 0.1) is 0 Å². The molecule has 2 heterocycles. The van der Waals surface area contributed by atoms with Crippen molar-refractivity contribution in [3.63, 3.8) is 0 Å². The SMILES string of the molecule is Nc1nnc(-c2cnns2)s1. The Kier molecular flexibility index (Phi) is 1.51. The molecule has 0 saturated heterocycles. The Morgan fingerprint density at radius 1 is 1.36 bits per heavy atom. The largest absolute Gasteiger partial charge is 0.374 e. The third-order valence-electron chi connectivity index (χ3n) is 1.01. The molecule has 2 aromatic heterocycles. The third-order valence-corrected chi connectivity index (χ3v) is 2.60. The van der Waals surface area contributed by atoms with E-state index < -0.39 is 0 Å². The van der Waals surface area contributed by atoms with Crippen LogP contribution < -0.4 is 5.73 Å². The van der Waals surface area contributed by atoms with Crippen molar-refractivity contribution in [2.45, 2.75) is 0 Å². The van der Waals surface area contributed by atoms with Crippen molar-refractivity contribution in [1.29, 1.82) is 0 Å². The summed E-state index contributed by atoms with van der Waals surface area (Å²) in [6.45, 7) is 0. The highest BCUT2D eigenvalue weighted by molar-refractivity contribution is 7.21. The van der Waals surface area contributed by atoms with Crippen molar-refractivity contribution in [2.75, 3.05) is 5.73 Å². The molecule has 2 N–H and O–H groups in total. The highest BCUT2D eigenvalue weighted by Crippen LogP contribution is 2.25. The molecular weight excluding hydrogens is 182 g/mol. The number of aromatic nitrogens is 4. The summed E-state index contributed by atoms with van der Waals surface area (Å²) in [6, 6.07) is 0. The van der Waals surface area contributed by atoms with Crippen LogP contribution in [0.1, 0.15) is 0 Å². The molecule has 0 bridgehead atoms. The third kappa shape index (κ3) is 1.19. The van der Waals surface area contributed by atoms with Gasteiger partial charge in [-0.3, -0.25) is 0 Å². The molecule has 2 rings (SSSR count). The van der Waals surface area contributed by atoms with Gasteiger partial charge in [-0.1, -0.05) is 15.8 Å². The first-order chi connectivity index (χ1) is 5.36. The van der Waals surface area contributed by atoms with E-state index in [1.807, 2.05) is 0 Å². The zero-order valence-electron chi connectivity index (χ0n) is 5.26. The average molecular weight is 185 g/mol. The predicted octanol–water partition coefficient (Wildman–Crippen LogP) is 0.639. The molecule has 0 spiro atoms. The lowest BCUT2D eigenvalue weighted by molar-refractivity contribution is 1.10. The predicted molar refractivity (Wildman–Crippen MR) is 43.2 cm³/mol. The van der Waals surface area contributed by atoms with Crippen LogP contribution in [0.2, 0.25) is 0 Å². The van der Waals surface area contributed by atoms with Gasteiger partial charge in [0.2, 0.25) is 5.13 Å². The van der Waals surface area contributed by atoms with Crippen LogP contribution in [0.4, 0.5) is 5.13 Å². The van der Waals surface area contributed by atoms with E-state index in [4.69, 9.17) is 5.73 Å². The first kappa shape index (κ1) is 6.62. The fourth-order valence-corrected chi connectivity index (χ4v) is 1.74. The summed E-state index contributed by atoms with van der Waals surface area (Å²) in [5, 5.41) is 12.4. The first-order valence-corrected chi connectivity index (χ1v) is 4.32. The van der Waals surface area contributed by atoms with Gasteiger partial charge in [-0.25, -0.2) is 0 Å². The highest BCUT2D eigenvalue weighted by atomic mass is 32.1. The molecule has 56 valence electrons. The fraction of sp³-hybridized carbons (Fsp3) is 0. The highest BCUT2D eigenvalue weighted by Gasteiger charge is 2.05. The van der Waals surface area contributed by atoms with E-state index >= 15 is 0 Å². The minimum Gasteiger partial charge on any atom is -0.374 e. The fourth-order valence-electron chi connectivity index (χ4n) is 0.596. The Hall–Kier alpha value is -1.08. The molecule has 0 radical (unpaired) electrons. The van der Waals surface area contributed by atoms with Crippen LogP contribution in [0.5, 0.6) is 0 Å². The van der Waals surface area contributed by atoms with Crippen LogP contribution in [0.25, 0.3) is 9.88 Å². The Morgan fingerprint density at radius 3 is 2.82 bits per heavy atom. The van der Waals surface area contributed by atoms with E-state index in [0.29, 0.717) is 5.13 Å². The van der Waals surface area contributed by atoms with Crippen LogP contribution in [-0.4, -0.2) is 19.8 Å². The van der Waals surface area contributed by atoms with Crippen molar-refractivity contribution in [1.82, 2.24) is 19.8 Å². The lowest BCUT2D eigenvalue weighted by atomic mass is 10.6. The molecule has 0 atom stereocenters. The number of nitrogen functional groups attached to an aromatic ring is 1. The second-order valence-corrected chi connectivity index (χ2v) is 3.52. The van der Waals surface area contributed by atoms with Crippen molar-refractivity contribution in [3.8, 4) is 9.88 Å². The number of nitrogens with two attached hydrogens (primary N) is 1. The van der Waals surface area contributed by atoms with Gasteiger partial charge in [0.25, 0.3) is 0 Å². The molecule has 0 aliphatic rings. The second-order valence-electron chi connectivity index (χ2n) is 1.73. The van der Waals surface area contributed by atoms with Gasteiger partial charge in [0.05, 0.1) is 6.20 Å². The van der Waals surface area contributed by atoms with Gasteiger partial charge in [0, 0.05) is 0 Å². The first-order valence-electron chi connectivity index (χ1n) is 2.73. The van der Waals surface area contributed by atoms with E-state index in [-0.39, 0.29) is 0 Å². The van der Waals surface area contributed by atoms with Crippen molar-refractivity contribution in [2.24, 2.45) is 0 Å². The normalized spacial score (nSPS) is 10.2. The summed E-state index contributed by atoms with van der Waals surface area (Å²) in [6.07, 6.45) is 1.64. The lowest BCUT2D eigenvalue weighted by Gasteiger charge is -1.78. The minimum absolute atomic E-state index is 0.466. The topological polar surface area (TPSA) is 77.6 Å². The van der Waals surface area contributed by atoms with Gasteiger partial charge in [-0.2, -0.15) is 0 Å². The standard InChI is InChI=1S/C4H3N5S2/c5-4-8-7-3(10-4)2-1-6-9-11-2/h1H,(H2,5,8). The average Bonchev–Trinajstić information content (AvgIpc) is 2.55. The van der Waals surface area contributed by atoms with Gasteiger partial charge in [-0.15, -0.1) is 15.3 Å². The zero-order chi connectivity index (χ0) is 7.68. The molecule has 0 aliphatic carbocycles. The summed E-state index contributed by atoms with van der Waals surface area (Å²) >= 11 is 2.61. The Labute approximate surface area is 70.1 Å². The zero-order valence-corrected chi connectivity index (χ0v) is 6.89. The molecular formula is C4H3N5S2. The monoisotopic (exact) mass is 185 g/mol. The summed E-state index contributed by atoms with van der Waals surface area (Å²) in [5.74, 6) is 0. The van der Waals surface area contributed by atoms with Crippen molar-refractivity contribution < 1.29 is 0 Å². The number of rotatable bonds is 1. The minimum atomic E-state index is 0.466. The van der Waals surface area contributed by atoms with Gasteiger partial charge < -0.3 is 5.73 Å². The van der Waals surface area contributed by atoms with Crippen LogP contribution >= 0.6 is 22.9 Å². The van der Waals surface area contributed by atoms with E-state index in [1.165, 1.54) is 22.9 Å². The number of hydrogen-bond donors (Lipinski definition) is 1. The van der Waals surface area contributed by atoms with Gasteiger partial charge in [-0.05, 0) is 11.5 Å². The summed E-state index contributed by atoms with van der Waals surface area (Å²) in [5.41, 5.74) is 5.39. The molecule has 0 aliphatic heterocycles. The molecule has 5 nitrogen and oxygen atoms in total. The number of nitrogens with zero attached hydrogens (tertiary/aromatic N) is 4. The van der Waals surface area contributed by atoms with E-state index in [0.717, 1.165) is 9.88 Å². The maximum atomic E-state index is 5.39. The van der Waals surface area contributed by atoms with E-state index in [1.54, 1.807) is 6.20 Å². The Balaban J connectivity index is 2.45. The number of hydrogen-bond acceptors (Lipinski definition) is 7. The van der Waals surface area contributed by atoms with Crippen LogP contribution in [0.15, 0.2) is 6.20 Å². The van der Waals surface area contributed by atoms with Crippen molar-refractivity contribution >= 4 is 28.0 Å². The molecule has 11 heavy (non-hydrogen) atoms. The van der Waals surface area contributed by atoms with Gasteiger partial charge in [0.1, 0.15) is 4.88 Å².